The lowest BCUT2D eigenvalue weighted by atomic mass is 9.98. The number of thiocarbonyl (C=S) groups is 1. The second kappa shape index (κ2) is 5.72. The topological polar surface area (TPSA) is 75.7 Å². The predicted molar refractivity (Wildman–Crippen MR) is 67.6 cm³/mol. The van der Waals surface area contributed by atoms with Gasteiger partial charge in [0.25, 0.3) is 0 Å². The van der Waals surface area contributed by atoms with Crippen molar-refractivity contribution in [3.05, 3.63) is 11.8 Å². The lowest BCUT2D eigenvalue weighted by Crippen LogP contribution is -2.47. The molecule has 0 aromatic rings. The molecule has 1 aliphatic heterocycles. The van der Waals surface area contributed by atoms with Gasteiger partial charge in [0.05, 0.1) is 6.61 Å². The van der Waals surface area contributed by atoms with Crippen molar-refractivity contribution in [1.29, 1.82) is 0 Å². The van der Waals surface area contributed by atoms with Crippen molar-refractivity contribution in [1.82, 2.24) is 10.2 Å². The number of ketones is 1. The van der Waals surface area contributed by atoms with Crippen molar-refractivity contribution in [2.24, 2.45) is 5.92 Å². The van der Waals surface area contributed by atoms with E-state index in [0.29, 0.717) is 0 Å². The summed E-state index contributed by atoms with van der Waals surface area (Å²) in [6.07, 6.45) is 1.06. The first-order valence-corrected chi connectivity index (χ1v) is 5.74. The number of allylic oxidation sites excluding steroid dienone is 1. The molecule has 18 heavy (non-hydrogen) atoms. The Morgan fingerprint density at radius 2 is 2.11 bits per heavy atom. The molecule has 98 valence electrons. The zero-order valence-electron chi connectivity index (χ0n) is 10.4. The van der Waals surface area contributed by atoms with Crippen LogP contribution in [0.15, 0.2) is 11.8 Å². The van der Waals surface area contributed by atoms with Crippen molar-refractivity contribution < 1.29 is 19.1 Å². The number of esters is 1. The zero-order valence-corrected chi connectivity index (χ0v) is 11.2. The molecule has 1 heterocycles. The maximum absolute atomic E-state index is 11.8. The van der Waals surface area contributed by atoms with Gasteiger partial charge in [-0.1, -0.05) is 12.2 Å². The van der Waals surface area contributed by atoms with Crippen molar-refractivity contribution in [2.45, 2.75) is 6.92 Å². The minimum absolute atomic E-state index is 0.0178. The van der Waals surface area contributed by atoms with Gasteiger partial charge in [-0.15, -0.1) is 0 Å². The number of hydrogen-bond acceptors (Lipinski definition) is 5. The third-order valence-corrected chi connectivity index (χ3v) is 2.61. The van der Waals surface area contributed by atoms with Crippen LogP contribution in [0.5, 0.6) is 0 Å². The summed E-state index contributed by atoms with van der Waals surface area (Å²) < 4.78 is 4.74. The maximum Gasteiger partial charge on any atom is 0.354 e. The van der Waals surface area contributed by atoms with Crippen LogP contribution in [0.2, 0.25) is 0 Å². The Balaban J connectivity index is 2.94. The van der Waals surface area contributed by atoms with Crippen LogP contribution in [0.1, 0.15) is 6.92 Å². The molecular formula is C11H14N2O4S. The summed E-state index contributed by atoms with van der Waals surface area (Å²) >= 11 is 4.95. The summed E-state index contributed by atoms with van der Waals surface area (Å²) in [6, 6.07) is 0. The molecule has 1 rings (SSSR count). The van der Waals surface area contributed by atoms with Crippen molar-refractivity contribution in [3.63, 3.8) is 0 Å². The van der Waals surface area contributed by atoms with Crippen LogP contribution in [0.3, 0.4) is 0 Å². The minimum atomic E-state index is -1.06. The van der Waals surface area contributed by atoms with E-state index in [1.807, 2.05) is 0 Å². The summed E-state index contributed by atoms with van der Waals surface area (Å²) in [5.41, 5.74) is -0.0327. The van der Waals surface area contributed by atoms with Crippen LogP contribution in [0.25, 0.3) is 0 Å². The molecule has 6 nitrogen and oxygen atoms in total. The fourth-order valence-corrected chi connectivity index (χ4v) is 1.73. The van der Waals surface area contributed by atoms with Gasteiger partial charge in [-0.2, -0.15) is 0 Å². The molecule has 1 atom stereocenters. The van der Waals surface area contributed by atoms with Gasteiger partial charge in [-0.05, 0) is 6.92 Å². The smallest absolute Gasteiger partial charge is 0.354 e. The van der Waals surface area contributed by atoms with Crippen molar-refractivity contribution >= 4 is 34.9 Å². The molecule has 0 saturated carbocycles. The van der Waals surface area contributed by atoms with E-state index in [1.54, 1.807) is 6.92 Å². The number of carbonyl (C=O) groups excluding carboxylic acids is 3. The van der Waals surface area contributed by atoms with Gasteiger partial charge >= 0.3 is 5.97 Å². The number of rotatable bonds is 3. The number of ether oxygens (including phenoxy) is 1. The van der Waals surface area contributed by atoms with Crippen molar-refractivity contribution in [2.75, 3.05) is 20.7 Å². The third-order valence-electron chi connectivity index (χ3n) is 2.27. The molecule has 0 aromatic heterocycles. The second-order valence-electron chi connectivity index (χ2n) is 3.84. The first kappa shape index (κ1) is 14.3. The zero-order chi connectivity index (χ0) is 13.9. The van der Waals surface area contributed by atoms with Gasteiger partial charge in [0.1, 0.15) is 10.7 Å². The highest BCUT2D eigenvalue weighted by molar-refractivity contribution is 7.80. The molecule has 0 fully saturated rings. The van der Waals surface area contributed by atoms with Gasteiger partial charge in [-0.3, -0.25) is 9.59 Å². The molecule has 1 aliphatic rings. The first-order chi connectivity index (χ1) is 8.38. The maximum atomic E-state index is 11.8. The predicted octanol–water partition coefficient (Wildman–Crippen LogP) is -0.362. The molecule has 7 heteroatoms. The van der Waals surface area contributed by atoms with Crippen LogP contribution < -0.4 is 5.32 Å². The van der Waals surface area contributed by atoms with E-state index >= 15 is 0 Å². The number of carbonyl (C=O) groups is 3. The number of nitrogens with one attached hydrogen (secondary N) is 1. The van der Waals surface area contributed by atoms with Crippen LogP contribution in [0, 0.1) is 5.92 Å². The first-order valence-electron chi connectivity index (χ1n) is 5.33. The second-order valence-corrected chi connectivity index (χ2v) is 4.28. The fraction of sp³-hybridized carbons (Fsp3) is 0.455. The Kier molecular flexibility index (Phi) is 4.55. The number of amides is 1. The summed E-state index contributed by atoms with van der Waals surface area (Å²) in [7, 11) is 3.06. The van der Waals surface area contributed by atoms with Crippen LogP contribution in [-0.2, 0) is 19.1 Å². The van der Waals surface area contributed by atoms with E-state index in [-0.39, 0.29) is 17.3 Å². The van der Waals surface area contributed by atoms with Gasteiger partial charge in [0.2, 0.25) is 5.91 Å². The Bertz CT molecular complexity index is 442. The van der Waals surface area contributed by atoms with E-state index in [2.05, 4.69) is 5.32 Å². The average molecular weight is 270 g/mol. The Morgan fingerprint density at radius 3 is 2.56 bits per heavy atom. The fourth-order valence-electron chi connectivity index (χ4n) is 1.41. The highest BCUT2D eigenvalue weighted by atomic mass is 32.1. The van der Waals surface area contributed by atoms with E-state index in [0.717, 1.165) is 6.08 Å². The molecule has 0 aromatic carbocycles. The SMILES string of the molecule is CCOC(=O)C1=CC(=O)[C@H](C(=O)N(C)C)C(=S)N1. The summed E-state index contributed by atoms with van der Waals surface area (Å²) in [4.78, 5) is 36.3. The lowest BCUT2D eigenvalue weighted by Gasteiger charge is -2.24. The molecule has 0 unspecified atom stereocenters. The van der Waals surface area contributed by atoms with E-state index in [4.69, 9.17) is 17.0 Å². The van der Waals surface area contributed by atoms with Crippen LogP contribution in [-0.4, -0.2) is 48.3 Å². The summed E-state index contributed by atoms with van der Waals surface area (Å²) in [6.45, 7) is 1.85. The van der Waals surface area contributed by atoms with E-state index in [9.17, 15) is 14.4 Å². The minimum Gasteiger partial charge on any atom is -0.461 e. The van der Waals surface area contributed by atoms with Gasteiger partial charge in [0, 0.05) is 20.2 Å². The molecular weight excluding hydrogens is 256 g/mol. The summed E-state index contributed by atoms with van der Waals surface area (Å²) in [5.74, 6) is -2.66. The standard InChI is InChI=1S/C11H14N2O4S/c1-4-17-11(16)6-5-7(14)8(9(18)12-6)10(15)13(2)3/h5,8H,4H2,1-3H3,(H,12,18)/t8-/m0/s1. The molecule has 0 aliphatic carbocycles. The van der Waals surface area contributed by atoms with E-state index < -0.39 is 23.6 Å². The normalized spacial score (nSPS) is 18.8. The highest BCUT2D eigenvalue weighted by Gasteiger charge is 2.36. The Hall–Kier alpha value is -1.76. The molecule has 1 amide bonds. The molecule has 0 bridgehead atoms. The van der Waals surface area contributed by atoms with E-state index in [1.165, 1.54) is 19.0 Å². The van der Waals surface area contributed by atoms with Gasteiger partial charge in [-0.25, -0.2) is 4.79 Å². The number of nitrogens with zero attached hydrogens (tertiary/aromatic N) is 1. The monoisotopic (exact) mass is 270 g/mol. The molecule has 1 N–H and O–H groups in total. The Morgan fingerprint density at radius 1 is 1.50 bits per heavy atom. The average Bonchev–Trinajstić information content (AvgIpc) is 2.27. The lowest BCUT2D eigenvalue weighted by molar-refractivity contribution is -0.140. The van der Waals surface area contributed by atoms with Crippen LogP contribution >= 0.6 is 12.2 Å². The van der Waals surface area contributed by atoms with Crippen LogP contribution in [0.4, 0.5) is 0 Å². The molecule has 0 saturated heterocycles. The van der Waals surface area contributed by atoms with Gasteiger partial charge in [0.15, 0.2) is 11.7 Å². The van der Waals surface area contributed by atoms with Crippen molar-refractivity contribution in [3.8, 4) is 0 Å². The largest absolute Gasteiger partial charge is 0.461 e. The molecule has 0 radical (unpaired) electrons. The Labute approximate surface area is 110 Å². The quantitative estimate of drug-likeness (QED) is 0.429. The van der Waals surface area contributed by atoms with Gasteiger partial charge < -0.3 is 15.0 Å². The summed E-state index contributed by atoms with van der Waals surface area (Å²) in [5, 5.41) is 2.57. The number of hydrogen-bond donors (Lipinski definition) is 1. The molecule has 0 spiro atoms. The third kappa shape index (κ3) is 2.92. The highest BCUT2D eigenvalue weighted by Crippen LogP contribution is 2.14.